The van der Waals surface area contributed by atoms with Gasteiger partial charge >= 0.3 is 6.03 Å². The highest BCUT2D eigenvalue weighted by Crippen LogP contribution is 2.27. The van der Waals surface area contributed by atoms with Crippen LogP contribution in [0.15, 0.2) is 78.9 Å². The third-order valence-corrected chi connectivity index (χ3v) is 5.07. The summed E-state index contributed by atoms with van der Waals surface area (Å²) < 4.78 is 0. The fourth-order valence-electron chi connectivity index (χ4n) is 3.58. The lowest BCUT2D eigenvalue weighted by Gasteiger charge is -2.18. The van der Waals surface area contributed by atoms with Crippen molar-refractivity contribution in [3.63, 3.8) is 0 Å². The number of amides is 3. The summed E-state index contributed by atoms with van der Waals surface area (Å²) in [4.78, 5) is 26.7. The summed E-state index contributed by atoms with van der Waals surface area (Å²) in [5, 5.41) is 5.87. The lowest BCUT2D eigenvalue weighted by Crippen LogP contribution is -2.39. The van der Waals surface area contributed by atoms with Crippen LogP contribution in [0.5, 0.6) is 0 Å². The number of hydrogen-bond acceptors (Lipinski definition) is 2. The monoisotopic (exact) mass is 385 g/mol. The van der Waals surface area contributed by atoms with Gasteiger partial charge in [0.2, 0.25) is 5.91 Å². The van der Waals surface area contributed by atoms with Gasteiger partial charge in [-0.2, -0.15) is 0 Å². The molecular weight excluding hydrogens is 362 g/mol. The molecule has 3 aromatic carbocycles. The zero-order valence-electron chi connectivity index (χ0n) is 16.3. The molecule has 0 spiro atoms. The number of hydrogen-bond donors (Lipinski definition) is 2. The van der Waals surface area contributed by atoms with Crippen LogP contribution in [0.25, 0.3) is 11.1 Å². The average molecular weight is 385 g/mol. The Labute approximate surface area is 170 Å². The van der Waals surface area contributed by atoms with Crippen molar-refractivity contribution in [1.29, 1.82) is 0 Å². The summed E-state index contributed by atoms with van der Waals surface area (Å²) in [5.41, 5.74) is 4.72. The van der Waals surface area contributed by atoms with Gasteiger partial charge in [-0.3, -0.25) is 4.79 Å². The van der Waals surface area contributed by atoms with Crippen molar-refractivity contribution >= 4 is 23.3 Å². The molecule has 3 amide bonds. The number of para-hydroxylation sites is 1. The minimum Gasteiger partial charge on any atom is -0.333 e. The molecule has 0 radical (unpaired) electrons. The van der Waals surface area contributed by atoms with Crippen molar-refractivity contribution in [2.45, 2.75) is 19.4 Å². The predicted molar refractivity (Wildman–Crippen MR) is 116 cm³/mol. The van der Waals surface area contributed by atoms with Gasteiger partial charge in [0.05, 0.1) is 11.7 Å². The summed E-state index contributed by atoms with van der Waals surface area (Å²) >= 11 is 0. The molecule has 1 heterocycles. The Morgan fingerprint density at radius 1 is 0.931 bits per heavy atom. The van der Waals surface area contributed by atoms with Gasteiger partial charge in [-0.1, -0.05) is 66.2 Å². The van der Waals surface area contributed by atoms with E-state index in [9.17, 15) is 9.59 Å². The van der Waals surface area contributed by atoms with Crippen LogP contribution in [0.2, 0.25) is 0 Å². The van der Waals surface area contributed by atoms with Gasteiger partial charge in [0.1, 0.15) is 0 Å². The molecule has 29 heavy (non-hydrogen) atoms. The summed E-state index contributed by atoms with van der Waals surface area (Å²) in [7, 11) is 0. The van der Waals surface area contributed by atoms with Gasteiger partial charge in [-0.05, 0) is 30.7 Å². The van der Waals surface area contributed by atoms with Crippen molar-refractivity contribution < 1.29 is 9.59 Å². The van der Waals surface area contributed by atoms with Crippen LogP contribution in [0, 0.1) is 6.92 Å². The predicted octanol–water partition coefficient (Wildman–Crippen LogP) is 4.59. The number of nitrogens with zero attached hydrogens (tertiary/aromatic N) is 1. The molecule has 146 valence electrons. The first kappa shape index (κ1) is 18.7. The van der Waals surface area contributed by atoms with E-state index in [1.165, 1.54) is 0 Å². The first-order chi connectivity index (χ1) is 14.1. The second-order valence-electron chi connectivity index (χ2n) is 7.25. The van der Waals surface area contributed by atoms with E-state index in [0.29, 0.717) is 13.0 Å². The van der Waals surface area contributed by atoms with E-state index >= 15 is 0 Å². The van der Waals surface area contributed by atoms with Crippen LogP contribution in [-0.4, -0.2) is 24.5 Å². The number of nitrogens with one attached hydrogen (secondary N) is 2. The summed E-state index contributed by atoms with van der Waals surface area (Å²) in [6, 6.07) is 24.9. The molecule has 0 bridgehead atoms. The van der Waals surface area contributed by atoms with Crippen LogP contribution < -0.4 is 15.5 Å². The van der Waals surface area contributed by atoms with Crippen molar-refractivity contribution in [2.24, 2.45) is 0 Å². The van der Waals surface area contributed by atoms with Crippen molar-refractivity contribution in [3.8, 4) is 11.1 Å². The summed E-state index contributed by atoms with van der Waals surface area (Å²) in [6.45, 7) is 2.48. The normalized spacial score (nSPS) is 16.0. The van der Waals surface area contributed by atoms with Gasteiger partial charge in [-0.15, -0.1) is 0 Å². The molecule has 0 unspecified atom stereocenters. The molecule has 5 heteroatoms. The topological polar surface area (TPSA) is 61.4 Å². The van der Waals surface area contributed by atoms with E-state index in [2.05, 4.69) is 10.6 Å². The molecule has 0 aromatic heterocycles. The molecule has 3 aromatic rings. The quantitative estimate of drug-likeness (QED) is 0.690. The molecule has 5 nitrogen and oxygen atoms in total. The molecule has 1 saturated heterocycles. The lowest BCUT2D eigenvalue weighted by atomic mass is 10.0. The summed E-state index contributed by atoms with van der Waals surface area (Å²) in [6.07, 6.45) is 0.293. The van der Waals surface area contributed by atoms with E-state index < -0.39 is 0 Å². The smallest absolute Gasteiger partial charge is 0.319 e. The second-order valence-corrected chi connectivity index (χ2v) is 7.25. The van der Waals surface area contributed by atoms with Crippen LogP contribution in [0.4, 0.5) is 16.2 Å². The third kappa shape index (κ3) is 4.29. The molecule has 4 rings (SSSR count). The van der Waals surface area contributed by atoms with E-state index in [-0.39, 0.29) is 18.0 Å². The zero-order valence-corrected chi connectivity index (χ0v) is 16.3. The number of rotatable bonds is 4. The fraction of sp³-hybridized carbons (Fsp3) is 0.167. The summed E-state index contributed by atoms with van der Waals surface area (Å²) in [5.74, 6) is 0.0174. The van der Waals surface area contributed by atoms with Gasteiger partial charge in [0.15, 0.2) is 0 Å². The largest absolute Gasteiger partial charge is 0.333 e. The Bertz CT molecular complexity index is 1020. The van der Waals surface area contributed by atoms with E-state index in [1.807, 2.05) is 85.8 Å². The number of aryl methyl sites for hydroxylation is 1. The second kappa shape index (κ2) is 8.19. The molecule has 0 saturated carbocycles. The number of benzene rings is 3. The molecule has 0 aliphatic carbocycles. The van der Waals surface area contributed by atoms with Crippen LogP contribution >= 0.6 is 0 Å². The first-order valence-corrected chi connectivity index (χ1v) is 9.69. The minimum absolute atomic E-state index is 0.0174. The Morgan fingerprint density at radius 2 is 1.62 bits per heavy atom. The maximum atomic E-state index is 12.6. The number of anilines is 2. The van der Waals surface area contributed by atoms with Crippen molar-refractivity contribution in [2.75, 3.05) is 16.8 Å². The highest BCUT2D eigenvalue weighted by molar-refractivity contribution is 5.98. The number of urea groups is 1. The Kier molecular flexibility index (Phi) is 5.29. The van der Waals surface area contributed by atoms with Crippen LogP contribution in [0.3, 0.4) is 0 Å². The highest BCUT2D eigenvalue weighted by Gasteiger charge is 2.31. The van der Waals surface area contributed by atoms with Crippen LogP contribution in [-0.2, 0) is 4.79 Å². The lowest BCUT2D eigenvalue weighted by molar-refractivity contribution is -0.117. The molecule has 1 fully saturated rings. The van der Waals surface area contributed by atoms with Gasteiger partial charge in [0.25, 0.3) is 0 Å². The molecular formula is C24H23N3O2. The Balaban J connectivity index is 1.42. The minimum atomic E-state index is -0.308. The van der Waals surface area contributed by atoms with Crippen molar-refractivity contribution in [3.05, 3.63) is 84.4 Å². The molecule has 1 atom stereocenters. The van der Waals surface area contributed by atoms with E-state index in [0.717, 1.165) is 28.1 Å². The fourth-order valence-corrected chi connectivity index (χ4v) is 3.58. The number of carbonyl (C=O) groups is 2. The maximum absolute atomic E-state index is 12.6. The number of carbonyl (C=O) groups excluding carboxylic acids is 2. The first-order valence-electron chi connectivity index (χ1n) is 9.69. The van der Waals surface area contributed by atoms with Gasteiger partial charge in [-0.25, -0.2) is 4.79 Å². The Hall–Kier alpha value is -3.60. The average Bonchev–Trinajstić information content (AvgIpc) is 3.09. The standard InChI is InChI=1S/C24H23N3O2/c1-17-11-13-20(14-12-17)27-16-19(15-23(27)28)25-24(29)26-22-10-6-5-9-21(22)18-7-3-2-4-8-18/h2-14,19H,15-16H2,1H3,(H2,25,26,29)/t19-/m1/s1. The maximum Gasteiger partial charge on any atom is 0.319 e. The molecule has 1 aliphatic heterocycles. The SMILES string of the molecule is Cc1ccc(N2C[C@H](NC(=O)Nc3ccccc3-c3ccccc3)CC2=O)cc1. The third-order valence-electron chi connectivity index (χ3n) is 5.07. The van der Waals surface area contributed by atoms with E-state index in [1.54, 1.807) is 4.90 Å². The molecule has 2 N–H and O–H groups in total. The Morgan fingerprint density at radius 3 is 2.38 bits per heavy atom. The zero-order chi connectivity index (χ0) is 20.2. The highest BCUT2D eigenvalue weighted by atomic mass is 16.2. The van der Waals surface area contributed by atoms with E-state index in [4.69, 9.17) is 0 Å². The van der Waals surface area contributed by atoms with Crippen LogP contribution in [0.1, 0.15) is 12.0 Å². The molecule has 1 aliphatic rings. The van der Waals surface area contributed by atoms with Crippen molar-refractivity contribution in [1.82, 2.24) is 5.32 Å². The van der Waals surface area contributed by atoms with Gasteiger partial charge < -0.3 is 15.5 Å². The van der Waals surface area contributed by atoms with Gasteiger partial charge in [0, 0.05) is 24.2 Å².